The molecule has 2 aromatic carbocycles. The Morgan fingerprint density at radius 2 is 1.84 bits per heavy atom. The molecule has 130 valence electrons. The van der Waals surface area contributed by atoms with Crippen LogP contribution < -0.4 is 5.32 Å². The Morgan fingerprint density at radius 1 is 1.20 bits per heavy atom. The molecular formula is C17H15BrN2O5. The fraction of sp³-hybridized carbons (Fsp3) is 0.176. The molecule has 25 heavy (non-hydrogen) atoms. The SMILES string of the molecule is Cc1ccc(NC(=O)[C@@H](C)OC(=O)c2ccc(Br)c([N+](=O)[O-])c2)cc1. The Hall–Kier alpha value is -2.74. The second kappa shape index (κ2) is 7.89. The molecule has 0 saturated heterocycles. The fourth-order valence-electron chi connectivity index (χ4n) is 1.94. The number of halogens is 1. The van der Waals surface area contributed by atoms with Crippen molar-refractivity contribution in [2.75, 3.05) is 5.32 Å². The number of rotatable bonds is 5. The number of nitrogens with zero attached hydrogens (tertiary/aromatic N) is 1. The summed E-state index contributed by atoms with van der Waals surface area (Å²) in [6.45, 7) is 3.35. The fourth-order valence-corrected chi connectivity index (χ4v) is 2.33. The lowest BCUT2D eigenvalue weighted by molar-refractivity contribution is -0.385. The van der Waals surface area contributed by atoms with E-state index in [-0.39, 0.29) is 15.7 Å². The number of carbonyl (C=O) groups excluding carboxylic acids is 2. The number of esters is 1. The van der Waals surface area contributed by atoms with Gasteiger partial charge in [0.15, 0.2) is 6.10 Å². The molecule has 1 amide bonds. The molecule has 7 nitrogen and oxygen atoms in total. The van der Waals surface area contributed by atoms with Crippen molar-refractivity contribution in [2.45, 2.75) is 20.0 Å². The predicted octanol–water partition coefficient (Wildman–Crippen LogP) is 3.85. The minimum Gasteiger partial charge on any atom is -0.449 e. The summed E-state index contributed by atoms with van der Waals surface area (Å²) in [6, 6.07) is 11.0. The minimum absolute atomic E-state index is 0.00936. The number of benzene rings is 2. The van der Waals surface area contributed by atoms with Crippen molar-refractivity contribution < 1.29 is 19.2 Å². The van der Waals surface area contributed by atoms with Crippen molar-refractivity contribution in [3.05, 3.63) is 68.2 Å². The van der Waals surface area contributed by atoms with Gasteiger partial charge in [-0.2, -0.15) is 0 Å². The third kappa shape index (κ3) is 4.87. The first-order chi connectivity index (χ1) is 11.8. The molecule has 0 heterocycles. The average molecular weight is 407 g/mol. The Balaban J connectivity index is 2.04. The number of nitrogens with one attached hydrogen (secondary N) is 1. The first-order valence-electron chi connectivity index (χ1n) is 7.30. The summed E-state index contributed by atoms with van der Waals surface area (Å²) in [5.74, 6) is -1.31. The highest BCUT2D eigenvalue weighted by molar-refractivity contribution is 9.10. The molecule has 2 rings (SSSR count). The van der Waals surface area contributed by atoms with E-state index in [0.717, 1.165) is 11.6 Å². The summed E-state index contributed by atoms with van der Waals surface area (Å²) in [5.41, 5.74) is 1.36. The maximum atomic E-state index is 12.1. The van der Waals surface area contributed by atoms with Gasteiger partial charge in [0.25, 0.3) is 11.6 Å². The van der Waals surface area contributed by atoms with Crippen LogP contribution in [0.4, 0.5) is 11.4 Å². The van der Waals surface area contributed by atoms with Crippen LogP contribution in [0.25, 0.3) is 0 Å². The maximum Gasteiger partial charge on any atom is 0.339 e. The summed E-state index contributed by atoms with van der Waals surface area (Å²) < 4.78 is 5.33. The molecule has 0 bridgehead atoms. The highest BCUT2D eigenvalue weighted by Crippen LogP contribution is 2.26. The molecule has 0 aliphatic heterocycles. The predicted molar refractivity (Wildman–Crippen MR) is 95.5 cm³/mol. The van der Waals surface area contributed by atoms with Crippen molar-refractivity contribution >= 4 is 39.2 Å². The summed E-state index contributed by atoms with van der Waals surface area (Å²) in [7, 11) is 0. The van der Waals surface area contributed by atoms with Gasteiger partial charge in [-0.25, -0.2) is 4.79 Å². The average Bonchev–Trinajstić information content (AvgIpc) is 2.56. The standard InChI is InChI=1S/C17H15BrN2O5/c1-10-3-6-13(7-4-10)19-16(21)11(2)25-17(22)12-5-8-14(18)15(9-12)20(23)24/h3-9,11H,1-2H3,(H,19,21)/t11-/m1/s1. The van der Waals surface area contributed by atoms with E-state index in [0.29, 0.717) is 5.69 Å². The van der Waals surface area contributed by atoms with E-state index in [4.69, 9.17) is 4.74 Å². The largest absolute Gasteiger partial charge is 0.449 e. The number of nitro benzene ring substituents is 1. The highest BCUT2D eigenvalue weighted by atomic mass is 79.9. The monoisotopic (exact) mass is 406 g/mol. The van der Waals surface area contributed by atoms with E-state index in [1.807, 2.05) is 19.1 Å². The summed E-state index contributed by atoms with van der Waals surface area (Å²) >= 11 is 3.04. The number of nitro groups is 1. The molecule has 8 heteroatoms. The third-order valence-electron chi connectivity index (χ3n) is 3.35. The minimum atomic E-state index is -1.06. The van der Waals surface area contributed by atoms with Crippen molar-refractivity contribution in [3.63, 3.8) is 0 Å². The van der Waals surface area contributed by atoms with Crippen LogP contribution in [0.15, 0.2) is 46.9 Å². The first kappa shape index (κ1) is 18.6. The van der Waals surface area contributed by atoms with Crippen molar-refractivity contribution in [3.8, 4) is 0 Å². The quantitative estimate of drug-likeness (QED) is 0.461. The van der Waals surface area contributed by atoms with Crippen LogP contribution in [0.1, 0.15) is 22.8 Å². The number of aryl methyl sites for hydroxylation is 1. The summed E-state index contributed by atoms with van der Waals surface area (Å²) in [5, 5.41) is 13.5. The van der Waals surface area contributed by atoms with Crippen LogP contribution in [0.5, 0.6) is 0 Å². The first-order valence-corrected chi connectivity index (χ1v) is 8.09. The topological polar surface area (TPSA) is 98.5 Å². The van der Waals surface area contributed by atoms with Gasteiger partial charge in [0.2, 0.25) is 0 Å². The molecule has 0 fully saturated rings. The number of ether oxygens (including phenoxy) is 1. The smallest absolute Gasteiger partial charge is 0.339 e. The lowest BCUT2D eigenvalue weighted by Gasteiger charge is -2.13. The third-order valence-corrected chi connectivity index (χ3v) is 4.02. The molecule has 0 radical (unpaired) electrons. The molecule has 0 saturated carbocycles. The van der Waals surface area contributed by atoms with Gasteiger partial charge >= 0.3 is 5.97 Å². The molecular weight excluding hydrogens is 392 g/mol. The second-order valence-electron chi connectivity index (χ2n) is 5.33. The Kier molecular flexibility index (Phi) is 5.87. The van der Waals surface area contributed by atoms with Gasteiger partial charge in [0, 0.05) is 11.8 Å². The van der Waals surface area contributed by atoms with Gasteiger partial charge in [-0.05, 0) is 54.0 Å². The Bertz CT molecular complexity index is 820. The molecule has 0 unspecified atom stereocenters. The van der Waals surface area contributed by atoms with Crippen molar-refractivity contribution in [1.82, 2.24) is 0 Å². The zero-order valence-electron chi connectivity index (χ0n) is 13.5. The summed E-state index contributed by atoms with van der Waals surface area (Å²) in [6.07, 6.45) is -1.06. The molecule has 1 N–H and O–H groups in total. The molecule has 2 aromatic rings. The van der Waals surface area contributed by atoms with Crippen LogP contribution in [0.3, 0.4) is 0 Å². The van der Waals surface area contributed by atoms with Crippen LogP contribution in [-0.4, -0.2) is 22.9 Å². The molecule has 0 aliphatic rings. The van der Waals surface area contributed by atoms with Gasteiger partial charge in [-0.1, -0.05) is 17.7 Å². The lowest BCUT2D eigenvalue weighted by Crippen LogP contribution is -2.30. The normalized spacial score (nSPS) is 11.5. The Morgan fingerprint density at radius 3 is 2.44 bits per heavy atom. The van der Waals surface area contributed by atoms with Crippen molar-refractivity contribution in [1.29, 1.82) is 0 Å². The van der Waals surface area contributed by atoms with Gasteiger partial charge < -0.3 is 10.1 Å². The number of anilines is 1. The van der Waals surface area contributed by atoms with Crippen LogP contribution in [0, 0.1) is 17.0 Å². The van der Waals surface area contributed by atoms with Gasteiger partial charge in [0.1, 0.15) is 0 Å². The molecule has 0 aromatic heterocycles. The van der Waals surface area contributed by atoms with E-state index >= 15 is 0 Å². The number of carbonyl (C=O) groups is 2. The zero-order valence-corrected chi connectivity index (χ0v) is 15.1. The van der Waals surface area contributed by atoms with E-state index in [2.05, 4.69) is 21.2 Å². The van der Waals surface area contributed by atoms with E-state index in [1.165, 1.54) is 19.1 Å². The van der Waals surface area contributed by atoms with E-state index in [9.17, 15) is 19.7 Å². The number of amides is 1. The van der Waals surface area contributed by atoms with E-state index < -0.39 is 22.9 Å². The van der Waals surface area contributed by atoms with Crippen molar-refractivity contribution in [2.24, 2.45) is 0 Å². The lowest BCUT2D eigenvalue weighted by atomic mass is 10.2. The van der Waals surface area contributed by atoms with E-state index in [1.54, 1.807) is 12.1 Å². The molecule has 1 atom stereocenters. The van der Waals surface area contributed by atoms with Crippen LogP contribution in [-0.2, 0) is 9.53 Å². The van der Waals surface area contributed by atoms with Gasteiger partial charge in [-0.3, -0.25) is 14.9 Å². The Labute approximate surface area is 152 Å². The summed E-state index contributed by atoms with van der Waals surface area (Å²) in [4.78, 5) is 34.5. The van der Waals surface area contributed by atoms with Gasteiger partial charge in [-0.15, -0.1) is 0 Å². The number of hydrogen-bond donors (Lipinski definition) is 1. The van der Waals surface area contributed by atoms with Crippen LogP contribution >= 0.6 is 15.9 Å². The zero-order chi connectivity index (χ0) is 18.6. The maximum absolute atomic E-state index is 12.1. The number of hydrogen-bond acceptors (Lipinski definition) is 5. The van der Waals surface area contributed by atoms with Crippen LogP contribution in [0.2, 0.25) is 0 Å². The van der Waals surface area contributed by atoms with Gasteiger partial charge in [0.05, 0.1) is 15.0 Å². The highest BCUT2D eigenvalue weighted by Gasteiger charge is 2.21. The second-order valence-corrected chi connectivity index (χ2v) is 6.18. The molecule has 0 aliphatic carbocycles. The molecule has 0 spiro atoms.